The van der Waals surface area contributed by atoms with Gasteiger partial charge in [-0.15, -0.1) is 0 Å². The van der Waals surface area contributed by atoms with E-state index in [1.807, 2.05) is 0 Å². The van der Waals surface area contributed by atoms with Crippen LogP contribution in [0.15, 0.2) is 41.4 Å². The van der Waals surface area contributed by atoms with Gasteiger partial charge < -0.3 is 24.6 Å². The number of aromatic amines is 1. The normalized spacial score (nSPS) is 18.2. The highest BCUT2D eigenvalue weighted by atomic mass is 32.2. The molecule has 0 radical (unpaired) electrons. The quantitative estimate of drug-likeness (QED) is 0.695. The van der Waals surface area contributed by atoms with Crippen molar-refractivity contribution in [2.24, 2.45) is 0 Å². The lowest BCUT2D eigenvalue weighted by Gasteiger charge is -2.34. The van der Waals surface area contributed by atoms with Gasteiger partial charge in [0.05, 0.1) is 18.8 Å². The molecule has 2 aromatic rings. The average molecular weight is 449 g/mol. The first kappa shape index (κ1) is 21.3. The van der Waals surface area contributed by atoms with Crippen LogP contribution in [-0.2, 0) is 14.8 Å². The van der Waals surface area contributed by atoms with E-state index in [1.165, 1.54) is 22.6 Å². The molecule has 1 aromatic carbocycles. The van der Waals surface area contributed by atoms with E-state index < -0.39 is 10.0 Å². The molecule has 2 aliphatic heterocycles. The summed E-state index contributed by atoms with van der Waals surface area (Å²) >= 11 is 0. The maximum Gasteiger partial charge on any atom is 0.270 e. The number of carbonyl (C=O) groups is 2. The Labute approximate surface area is 180 Å². The Kier molecular flexibility index (Phi) is 5.99. The Morgan fingerprint density at radius 1 is 0.935 bits per heavy atom. The number of ether oxygens (including phenoxy) is 1. The summed E-state index contributed by atoms with van der Waals surface area (Å²) in [6.07, 6.45) is 1.33. The van der Waals surface area contributed by atoms with Gasteiger partial charge in [0.2, 0.25) is 10.0 Å². The second kappa shape index (κ2) is 8.69. The number of rotatable bonds is 4. The Morgan fingerprint density at radius 2 is 1.55 bits per heavy atom. The molecular weight excluding hydrogens is 424 g/mol. The molecule has 2 saturated heterocycles. The van der Waals surface area contributed by atoms with Crippen molar-refractivity contribution >= 4 is 21.8 Å². The maximum absolute atomic E-state index is 12.8. The average Bonchev–Trinajstić information content (AvgIpc) is 3.30. The van der Waals surface area contributed by atoms with E-state index in [1.54, 1.807) is 28.0 Å². The highest BCUT2D eigenvalue weighted by molar-refractivity contribution is 7.89. The number of phenolic OH excluding ortho intramolecular Hbond substituents is 1. The number of carbonyl (C=O) groups excluding carboxylic acids is 2. The van der Waals surface area contributed by atoms with Gasteiger partial charge in [-0.1, -0.05) is 12.1 Å². The monoisotopic (exact) mass is 448 g/mol. The van der Waals surface area contributed by atoms with Crippen molar-refractivity contribution in [3.63, 3.8) is 0 Å². The van der Waals surface area contributed by atoms with Crippen molar-refractivity contribution in [1.82, 2.24) is 19.1 Å². The number of hydrogen-bond acceptors (Lipinski definition) is 6. The zero-order chi connectivity index (χ0) is 22.0. The molecular formula is C20H24N4O6S. The van der Waals surface area contributed by atoms with Gasteiger partial charge in [0.25, 0.3) is 11.8 Å². The molecule has 31 heavy (non-hydrogen) atoms. The van der Waals surface area contributed by atoms with Gasteiger partial charge in [0, 0.05) is 45.5 Å². The molecule has 10 nitrogen and oxygen atoms in total. The molecule has 1 aromatic heterocycles. The SMILES string of the molecule is O=C(c1cc(S(=O)(=O)N2CCOCC2)c[nH]1)N1CCN(C(=O)c2ccccc2O)CC1. The van der Waals surface area contributed by atoms with Crippen molar-refractivity contribution in [3.8, 4) is 5.75 Å². The van der Waals surface area contributed by atoms with Crippen LogP contribution in [0.3, 0.4) is 0 Å². The van der Waals surface area contributed by atoms with E-state index in [9.17, 15) is 23.1 Å². The van der Waals surface area contributed by atoms with Gasteiger partial charge in [0.1, 0.15) is 16.3 Å². The second-order valence-electron chi connectivity index (χ2n) is 7.37. The number of nitrogens with zero attached hydrogens (tertiary/aromatic N) is 3. The van der Waals surface area contributed by atoms with Crippen LogP contribution in [0.2, 0.25) is 0 Å². The van der Waals surface area contributed by atoms with E-state index in [0.717, 1.165) is 0 Å². The smallest absolute Gasteiger partial charge is 0.270 e. The van der Waals surface area contributed by atoms with Gasteiger partial charge in [-0.05, 0) is 18.2 Å². The minimum Gasteiger partial charge on any atom is -0.507 e. The summed E-state index contributed by atoms with van der Waals surface area (Å²) in [5.74, 6) is -0.687. The van der Waals surface area contributed by atoms with Crippen LogP contribution >= 0.6 is 0 Å². The van der Waals surface area contributed by atoms with Crippen molar-refractivity contribution in [2.75, 3.05) is 52.5 Å². The number of aromatic hydroxyl groups is 1. The predicted molar refractivity (Wildman–Crippen MR) is 110 cm³/mol. The van der Waals surface area contributed by atoms with Crippen LogP contribution in [0.5, 0.6) is 5.75 Å². The van der Waals surface area contributed by atoms with Crippen molar-refractivity contribution in [2.45, 2.75) is 4.90 Å². The number of aromatic nitrogens is 1. The first-order valence-corrected chi connectivity index (χ1v) is 11.4. The number of morpholine rings is 1. The van der Waals surface area contributed by atoms with Crippen molar-refractivity contribution < 1.29 is 27.9 Å². The number of nitrogens with one attached hydrogen (secondary N) is 1. The summed E-state index contributed by atoms with van der Waals surface area (Å²) in [5.41, 5.74) is 0.414. The lowest BCUT2D eigenvalue weighted by Crippen LogP contribution is -2.50. The van der Waals surface area contributed by atoms with E-state index in [4.69, 9.17) is 4.74 Å². The van der Waals surface area contributed by atoms with Crippen LogP contribution in [-0.4, -0.2) is 96.9 Å². The van der Waals surface area contributed by atoms with Gasteiger partial charge in [-0.25, -0.2) is 8.42 Å². The molecule has 4 rings (SSSR count). The molecule has 0 saturated carbocycles. The standard InChI is InChI=1S/C20H24N4O6S/c25-18-4-2-1-3-16(18)19(26)22-5-7-23(8-6-22)20(27)17-13-15(14-21-17)31(28,29)24-9-11-30-12-10-24/h1-4,13-14,21,25H,5-12H2. The Hall–Kier alpha value is -2.89. The van der Waals surface area contributed by atoms with Crippen molar-refractivity contribution in [3.05, 3.63) is 47.8 Å². The number of piperazine rings is 1. The number of amides is 2. The Bertz CT molecular complexity index is 1070. The lowest BCUT2D eigenvalue weighted by molar-refractivity contribution is 0.0531. The molecule has 166 valence electrons. The summed E-state index contributed by atoms with van der Waals surface area (Å²) < 4.78 is 32.0. The lowest BCUT2D eigenvalue weighted by atomic mass is 10.1. The van der Waals surface area contributed by atoms with Crippen molar-refractivity contribution in [1.29, 1.82) is 0 Å². The van der Waals surface area contributed by atoms with Crippen LogP contribution in [0.1, 0.15) is 20.8 Å². The van der Waals surface area contributed by atoms with Crippen LogP contribution in [0, 0.1) is 0 Å². The van der Waals surface area contributed by atoms with Gasteiger partial charge in [-0.2, -0.15) is 4.31 Å². The third-order valence-corrected chi connectivity index (χ3v) is 7.36. The van der Waals surface area contributed by atoms with Crippen LogP contribution < -0.4 is 0 Å². The number of H-pyrrole nitrogens is 1. The first-order valence-electron chi connectivity index (χ1n) is 10.0. The molecule has 11 heteroatoms. The molecule has 0 unspecified atom stereocenters. The second-order valence-corrected chi connectivity index (χ2v) is 9.31. The number of sulfonamides is 1. The molecule has 2 N–H and O–H groups in total. The number of hydrogen-bond donors (Lipinski definition) is 2. The Morgan fingerprint density at radius 3 is 2.19 bits per heavy atom. The van der Waals surface area contributed by atoms with E-state index in [-0.39, 0.29) is 46.8 Å². The molecule has 3 heterocycles. The fourth-order valence-corrected chi connectivity index (χ4v) is 5.09. The van der Waals surface area contributed by atoms with Gasteiger partial charge in [0.15, 0.2) is 0 Å². The zero-order valence-corrected chi connectivity index (χ0v) is 17.7. The molecule has 0 atom stereocenters. The maximum atomic E-state index is 12.8. The largest absolute Gasteiger partial charge is 0.507 e. The molecule has 2 aliphatic rings. The van der Waals surface area contributed by atoms with Crippen LogP contribution in [0.4, 0.5) is 0 Å². The molecule has 0 spiro atoms. The highest BCUT2D eigenvalue weighted by Gasteiger charge is 2.30. The number of phenols is 1. The van der Waals surface area contributed by atoms with E-state index in [2.05, 4.69) is 4.98 Å². The minimum atomic E-state index is -3.69. The summed E-state index contributed by atoms with van der Waals surface area (Å²) in [5, 5.41) is 9.89. The topological polar surface area (TPSA) is 123 Å². The predicted octanol–water partition coefficient (Wildman–Crippen LogP) is 0.339. The number of benzene rings is 1. The fourth-order valence-electron chi connectivity index (χ4n) is 3.69. The Balaban J connectivity index is 1.39. The summed E-state index contributed by atoms with van der Waals surface area (Å²) in [6.45, 7) is 2.51. The third-order valence-electron chi connectivity index (χ3n) is 5.48. The highest BCUT2D eigenvalue weighted by Crippen LogP contribution is 2.21. The van der Waals surface area contributed by atoms with Gasteiger partial charge >= 0.3 is 0 Å². The van der Waals surface area contributed by atoms with Crippen LogP contribution in [0.25, 0.3) is 0 Å². The molecule has 0 aliphatic carbocycles. The summed E-state index contributed by atoms with van der Waals surface area (Å²) in [4.78, 5) is 31.4. The fraction of sp³-hybridized carbons (Fsp3) is 0.400. The summed E-state index contributed by atoms with van der Waals surface area (Å²) in [7, 11) is -3.69. The van der Waals surface area contributed by atoms with E-state index in [0.29, 0.717) is 39.4 Å². The summed E-state index contributed by atoms with van der Waals surface area (Å²) in [6, 6.07) is 7.70. The van der Waals surface area contributed by atoms with Gasteiger partial charge in [-0.3, -0.25) is 9.59 Å². The molecule has 0 bridgehead atoms. The minimum absolute atomic E-state index is 0.0473. The molecule has 2 fully saturated rings. The molecule has 2 amide bonds. The first-order chi connectivity index (χ1) is 14.9. The van der Waals surface area contributed by atoms with E-state index >= 15 is 0 Å². The zero-order valence-electron chi connectivity index (χ0n) is 16.9. The third kappa shape index (κ3) is 4.29. The number of para-hydroxylation sites is 1.